The number of carbonyl (C=O) groups is 2. The molecule has 0 bridgehead atoms. The molecular weight excluding hydrogens is 410 g/mol. The van der Waals surface area contributed by atoms with Gasteiger partial charge in [0.05, 0.1) is 7.11 Å². The lowest BCUT2D eigenvalue weighted by atomic mass is 9.80. The number of rotatable bonds is 6. The average molecular weight is 452 g/mol. The van der Waals surface area contributed by atoms with Crippen LogP contribution in [0.1, 0.15) is 85.5 Å². The molecule has 1 aliphatic rings. The molecule has 0 saturated heterocycles. The van der Waals surface area contributed by atoms with Crippen molar-refractivity contribution in [2.24, 2.45) is 11.8 Å². The van der Waals surface area contributed by atoms with Crippen LogP contribution >= 0.6 is 0 Å². The highest BCUT2D eigenvalue weighted by atomic mass is 16.5. The van der Waals surface area contributed by atoms with Gasteiger partial charge in [0.2, 0.25) is 5.91 Å². The Balaban J connectivity index is 0.000000257. The Labute approximate surface area is 200 Å². The molecule has 0 unspecified atom stereocenters. The summed E-state index contributed by atoms with van der Waals surface area (Å²) in [6, 6.07) is 9.92. The van der Waals surface area contributed by atoms with E-state index in [-0.39, 0.29) is 17.6 Å². The van der Waals surface area contributed by atoms with Crippen molar-refractivity contribution < 1.29 is 14.3 Å². The third kappa shape index (κ3) is 7.45. The molecule has 1 N–H and O–H groups in total. The minimum absolute atomic E-state index is 0.158. The fraction of sp³-hybridized carbons (Fsp3) is 0.517. The van der Waals surface area contributed by atoms with Crippen molar-refractivity contribution in [1.29, 1.82) is 0 Å². The second kappa shape index (κ2) is 12.6. The van der Waals surface area contributed by atoms with Crippen LogP contribution in [-0.4, -0.2) is 18.8 Å². The molecule has 1 fully saturated rings. The van der Waals surface area contributed by atoms with E-state index in [1.807, 2.05) is 38.1 Å². The Morgan fingerprint density at radius 2 is 1.64 bits per heavy atom. The number of nitrogens with one attached hydrogen (secondary N) is 1. The van der Waals surface area contributed by atoms with Crippen LogP contribution in [0.3, 0.4) is 0 Å². The zero-order chi connectivity index (χ0) is 24.5. The number of anilines is 1. The van der Waals surface area contributed by atoms with E-state index in [1.165, 1.54) is 36.0 Å². The first-order valence-corrected chi connectivity index (χ1v) is 12.3. The number of Topliss-reactive ketones (excluding diaryl/α,β-unsaturated/α-hetero) is 1. The molecule has 1 amide bonds. The van der Waals surface area contributed by atoms with Crippen LogP contribution in [0, 0.1) is 32.6 Å². The van der Waals surface area contributed by atoms with Crippen LogP contribution in [0.5, 0.6) is 5.75 Å². The molecule has 180 valence electrons. The molecule has 33 heavy (non-hydrogen) atoms. The number of methoxy groups -OCH3 is 1. The first kappa shape index (κ1) is 26.6. The quantitative estimate of drug-likeness (QED) is 0.471. The minimum Gasteiger partial charge on any atom is -0.496 e. The molecule has 0 spiro atoms. The first-order chi connectivity index (χ1) is 15.7. The Kier molecular flexibility index (Phi) is 10.1. The summed E-state index contributed by atoms with van der Waals surface area (Å²) in [6.07, 6.45) is 6.59. The van der Waals surface area contributed by atoms with Gasteiger partial charge in [0, 0.05) is 23.2 Å². The summed E-state index contributed by atoms with van der Waals surface area (Å²) in [7, 11) is 1.65. The lowest BCUT2D eigenvalue weighted by molar-refractivity contribution is -0.121. The van der Waals surface area contributed by atoms with Crippen LogP contribution in [0.15, 0.2) is 30.3 Å². The number of hydrogen-bond donors (Lipinski definition) is 1. The zero-order valence-electron chi connectivity index (χ0n) is 21.5. The van der Waals surface area contributed by atoms with E-state index in [1.54, 1.807) is 14.0 Å². The summed E-state index contributed by atoms with van der Waals surface area (Å²) in [5, 5.41) is 3.03. The van der Waals surface area contributed by atoms with Crippen molar-refractivity contribution in [3.63, 3.8) is 0 Å². The lowest BCUT2D eigenvalue weighted by Crippen LogP contribution is -2.27. The normalized spacial score (nSPS) is 17.5. The Morgan fingerprint density at radius 1 is 0.970 bits per heavy atom. The van der Waals surface area contributed by atoms with Crippen molar-refractivity contribution in [2.75, 3.05) is 12.4 Å². The monoisotopic (exact) mass is 451 g/mol. The van der Waals surface area contributed by atoms with Crippen molar-refractivity contribution in [3.05, 3.63) is 58.1 Å². The molecule has 0 aliphatic heterocycles. The van der Waals surface area contributed by atoms with E-state index in [9.17, 15) is 9.59 Å². The maximum atomic E-state index is 12.3. The molecule has 1 saturated carbocycles. The van der Waals surface area contributed by atoms with Crippen LogP contribution in [0.25, 0.3) is 0 Å². The van der Waals surface area contributed by atoms with E-state index in [0.717, 1.165) is 47.7 Å². The lowest BCUT2D eigenvalue weighted by Gasteiger charge is -2.27. The summed E-state index contributed by atoms with van der Waals surface area (Å²) < 4.78 is 5.29. The third-order valence-electron chi connectivity index (χ3n) is 6.82. The summed E-state index contributed by atoms with van der Waals surface area (Å²) in [4.78, 5) is 23.6. The van der Waals surface area contributed by atoms with E-state index < -0.39 is 0 Å². The Hall–Kier alpha value is -2.62. The molecule has 0 atom stereocenters. The highest BCUT2D eigenvalue weighted by Gasteiger charge is 2.25. The topological polar surface area (TPSA) is 55.4 Å². The largest absolute Gasteiger partial charge is 0.496 e. The fourth-order valence-corrected chi connectivity index (χ4v) is 4.76. The molecule has 4 nitrogen and oxygen atoms in total. The molecule has 2 aromatic rings. The number of ether oxygens (including phenoxy) is 1. The summed E-state index contributed by atoms with van der Waals surface area (Å²) in [5.41, 5.74) is 6.38. The van der Waals surface area contributed by atoms with Gasteiger partial charge >= 0.3 is 0 Å². The van der Waals surface area contributed by atoms with Gasteiger partial charge in [0.25, 0.3) is 0 Å². The van der Waals surface area contributed by atoms with E-state index in [4.69, 9.17) is 4.74 Å². The summed E-state index contributed by atoms with van der Waals surface area (Å²) in [6.45, 7) is 12.1. The molecule has 3 rings (SSSR count). The maximum absolute atomic E-state index is 12.3. The number of amides is 1. The van der Waals surface area contributed by atoms with Gasteiger partial charge < -0.3 is 10.1 Å². The highest BCUT2D eigenvalue weighted by molar-refractivity contribution is 5.96. The van der Waals surface area contributed by atoms with Crippen LogP contribution in [0.4, 0.5) is 5.69 Å². The molecule has 1 aliphatic carbocycles. The summed E-state index contributed by atoms with van der Waals surface area (Å²) >= 11 is 0. The van der Waals surface area contributed by atoms with Crippen molar-refractivity contribution in [1.82, 2.24) is 0 Å². The molecule has 4 heteroatoms. The second-order valence-corrected chi connectivity index (χ2v) is 9.32. The van der Waals surface area contributed by atoms with Gasteiger partial charge in [-0.1, -0.05) is 38.0 Å². The smallest absolute Gasteiger partial charge is 0.227 e. The van der Waals surface area contributed by atoms with E-state index in [0.29, 0.717) is 0 Å². The van der Waals surface area contributed by atoms with Gasteiger partial charge in [-0.15, -0.1) is 0 Å². The summed E-state index contributed by atoms with van der Waals surface area (Å²) in [5.74, 6) is 2.13. The molecule has 0 radical (unpaired) electrons. The number of aryl methyl sites for hydroxylation is 3. The molecular formula is C29H41NO3. The van der Waals surface area contributed by atoms with Crippen molar-refractivity contribution in [2.45, 2.75) is 80.1 Å². The maximum Gasteiger partial charge on any atom is 0.227 e. The van der Waals surface area contributed by atoms with Crippen molar-refractivity contribution >= 4 is 17.4 Å². The SMILES string of the molecule is CCC1CCC(C(=O)Nc2ccc(C)c(OC)c2)CC1.CCc1c(C)cc(C)cc1C(C)=O. The predicted octanol–water partition coefficient (Wildman–Crippen LogP) is 7.23. The number of hydrogen-bond acceptors (Lipinski definition) is 3. The predicted molar refractivity (Wildman–Crippen MR) is 137 cm³/mol. The van der Waals surface area contributed by atoms with E-state index >= 15 is 0 Å². The average Bonchev–Trinajstić information content (AvgIpc) is 2.80. The Morgan fingerprint density at radius 3 is 2.18 bits per heavy atom. The Bertz CT molecular complexity index is 956. The first-order valence-electron chi connectivity index (χ1n) is 12.3. The molecule has 0 heterocycles. The number of benzene rings is 2. The van der Waals surface area contributed by atoms with Gasteiger partial charge in [-0.25, -0.2) is 0 Å². The van der Waals surface area contributed by atoms with Crippen LogP contribution in [0.2, 0.25) is 0 Å². The van der Waals surface area contributed by atoms with Crippen LogP contribution in [-0.2, 0) is 11.2 Å². The van der Waals surface area contributed by atoms with Gasteiger partial charge in [-0.05, 0) is 94.5 Å². The van der Waals surface area contributed by atoms with Gasteiger partial charge in [0.1, 0.15) is 5.75 Å². The standard InChI is InChI=1S/C17H25NO2.C12H16O/c1-4-13-6-8-14(9-7-13)17(19)18-15-10-5-12(2)16(11-15)20-3;1-5-11-9(3)6-8(2)7-12(11)10(4)13/h5,10-11,13-14H,4,6-9H2,1-3H3,(H,18,19);6-7H,5H2,1-4H3. The molecule has 2 aromatic carbocycles. The zero-order valence-corrected chi connectivity index (χ0v) is 21.5. The van der Waals surface area contributed by atoms with Crippen LogP contribution < -0.4 is 10.1 Å². The fourth-order valence-electron chi connectivity index (χ4n) is 4.76. The van der Waals surface area contributed by atoms with Crippen molar-refractivity contribution in [3.8, 4) is 5.75 Å². The van der Waals surface area contributed by atoms with Gasteiger partial charge in [0.15, 0.2) is 5.78 Å². The number of carbonyl (C=O) groups excluding carboxylic acids is 2. The minimum atomic E-state index is 0.158. The van der Waals surface area contributed by atoms with E-state index in [2.05, 4.69) is 32.2 Å². The van der Waals surface area contributed by atoms with Gasteiger partial charge in [-0.2, -0.15) is 0 Å². The highest BCUT2D eigenvalue weighted by Crippen LogP contribution is 2.31. The second-order valence-electron chi connectivity index (χ2n) is 9.32. The van der Waals surface area contributed by atoms with Gasteiger partial charge in [-0.3, -0.25) is 9.59 Å². The number of ketones is 1. The third-order valence-corrected chi connectivity index (χ3v) is 6.82. The molecule has 0 aromatic heterocycles.